The number of carbonyl (C=O) groups excluding carboxylic acids is 2. The van der Waals surface area contributed by atoms with Crippen molar-refractivity contribution in [3.63, 3.8) is 0 Å². The molecule has 0 unspecified atom stereocenters. The highest BCUT2D eigenvalue weighted by Gasteiger charge is 2.28. The summed E-state index contributed by atoms with van der Waals surface area (Å²) in [7, 11) is 1.33. The van der Waals surface area contributed by atoms with Gasteiger partial charge in [-0.15, -0.1) is 0 Å². The number of amides is 1. The number of methoxy groups -OCH3 is 1. The van der Waals surface area contributed by atoms with E-state index < -0.39 is 5.97 Å². The van der Waals surface area contributed by atoms with Crippen molar-refractivity contribution in [2.24, 2.45) is 0 Å². The van der Waals surface area contributed by atoms with Crippen LogP contribution >= 0.6 is 0 Å². The quantitative estimate of drug-likeness (QED) is 0.743. The SMILES string of the molecule is CCN(CC(=O)OC)C(=O)c1cccn1C1CC1. The zero-order chi connectivity index (χ0) is 13.1. The summed E-state index contributed by atoms with van der Waals surface area (Å²) in [4.78, 5) is 25.1. The molecular formula is C13H18N2O3. The Morgan fingerprint density at radius 3 is 2.78 bits per heavy atom. The highest BCUT2D eigenvalue weighted by Crippen LogP contribution is 2.36. The minimum atomic E-state index is -0.394. The minimum absolute atomic E-state index is 0.00167. The zero-order valence-electron chi connectivity index (χ0n) is 10.8. The van der Waals surface area contributed by atoms with Gasteiger partial charge in [0.2, 0.25) is 0 Å². The van der Waals surface area contributed by atoms with E-state index >= 15 is 0 Å². The van der Waals surface area contributed by atoms with E-state index in [-0.39, 0.29) is 12.5 Å². The van der Waals surface area contributed by atoms with Gasteiger partial charge in [-0.25, -0.2) is 0 Å². The van der Waals surface area contributed by atoms with Crippen LogP contribution in [0.15, 0.2) is 18.3 Å². The van der Waals surface area contributed by atoms with E-state index in [1.54, 1.807) is 6.07 Å². The topological polar surface area (TPSA) is 51.5 Å². The van der Waals surface area contributed by atoms with Crippen molar-refractivity contribution in [2.45, 2.75) is 25.8 Å². The maximum atomic E-state index is 12.3. The lowest BCUT2D eigenvalue weighted by Crippen LogP contribution is -2.37. The number of nitrogens with zero attached hydrogens (tertiary/aromatic N) is 2. The van der Waals surface area contributed by atoms with Crippen molar-refractivity contribution in [1.29, 1.82) is 0 Å². The average molecular weight is 250 g/mol. The Morgan fingerprint density at radius 2 is 2.22 bits per heavy atom. The molecule has 0 aliphatic heterocycles. The third kappa shape index (κ3) is 2.55. The van der Waals surface area contributed by atoms with Gasteiger partial charge in [0.1, 0.15) is 12.2 Å². The first-order valence-corrected chi connectivity index (χ1v) is 6.20. The van der Waals surface area contributed by atoms with Gasteiger partial charge in [-0.2, -0.15) is 0 Å². The van der Waals surface area contributed by atoms with Crippen LogP contribution in [0.2, 0.25) is 0 Å². The summed E-state index contributed by atoms with van der Waals surface area (Å²) in [5, 5.41) is 0. The van der Waals surface area contributed by atoms with E-state index in [9.17, 15) is 9.59 Å². The predicted octanol–water partition coefficient (Wildman–Crippen LogP) is 1.46. The fourth-order valence-electron chi connectivity index (χ4n) is 1.96. The predicted molar refractivity (Wildman–Crippen MR) is 66.3 cm³/mol. The monoisotopic (exact) mass is 250 g/mol. The highest BCUT2D eigenvalue weighted by atomic mass is 16.5. The van der Waals surface area contributed by atoms with Crippen molar-refractivity contribution in [3.8, 4) is 0 Å². The van der Waals surface area contributed by atoms with Gasteiger partial charge in [0, 0.05) is 18.8 Å². The molecule has 5 nitrogen and oxygen atoms in total. The first-order valence-electron chi connectivity index (χ1n) is 6.20. The molecule has 1 heterocycles. The number of aromatic nitrogens is 1. The van der Waals surface area contributed by atoms with Gasteiger partial charge in [-0.1, -0.05) is 0 Å². The molecule has 1 aromatic rings. The van der Waals surface area contributed by atoms with Crippen molar-refractivity contribution in [1.82, 2.24) is 9.47 Å². The Balaban J connectivity index is 2.12. The zero-order valence-corrected chi connectivity index (χ0v) is 10.8. The van der Waals surface area contributed by atoms with Crippen molar-refractivity contribution in [3.05, 3.63) is 24.0 Å². The number of rotatable bonds is 5. The van der Waals surface area contributed by atoms with E-state index in [0.29, 0.717) is 18.3 Å². The summed E-state index contributed by atoms with van der Waals surface area (Å²) < 4.78 is 6.60. The molecule has 1 aliphatic rings. The normalized spacial score (nSPS) is 14.3. The number of hydrogen-bond acceptors (Lipinski definition) is 3. The molecule has 98 valence electrons. The molecule has 0 saturated heterocycles. The standard InChI is InChI=1S/C13H18N2O3/c1-3-14(9-12(16)18-2)13(17)11-5-4-8-15(11)10-6-7-10/h4-5,8,10H,3,6-7,9H2,1-2H3. The molecule has 0 spiro atoms. The number of ether oxygens (including phenoxy) is 1. The van der Waals surface area contributed by atoms with Gasteiger partial charge in [0.25, 0.3) is 5.91 Å². The van der Waals surface area contributed by atoms with Gasteiger partial charge in [0.15, 0.2) is 0 Å². The fourth-order valence-corrected chi connectivity index (χ4v) is 1.96. The van der Waals surface area contributed by atoms with E-state index in [2.05, 4.69) is 4.74 Å². The Hall–Kier alpha value is -1.78. The van der Waals surface area contributed by atoms with Gasteiger partial charge < -0.3 is 14.2 Å². The molecule has 0 bridgehead atoms. The Labute approximate surface area is 106 Å². The number of hydrogen-bond donors (Lipinski definition) is 0. The highest BCUT2D eigenvalue weighted by molar-refractivity contribution is 5.94. The fraction of sp³-hybridized carbons (Fsp3) is 0.538. The van der Waals surface area contributed by atoms with Crippen LogP contribution in [0.3, 0.4) is 0 Å². The summed E-state index contributed by atoms with van der Waals surface area (Å²) in [6.45, 7) is 2.34. The van der Waals surface area contributed by atoms with Gasteiger partial charge >= 0.3 is 5.97 Å². The lowest BCUT2D eigenvalue weighted by molar-refractivity contribution is -0.141. The van der Waals surface area contributed by atoms with Gasteiger partial charge in [-0.05, 0) is 31.9 Å². The van der Waals surface area contributed by atoms with Crippen LogP contribution in [0.4, 0.5) is 0 Å². The lowest BCUT2D eigenvalue weighted by atomic mass is 10.3. The van der Waals surface area contributed by atoms with E-state index in [1.807, 2.05) is 23.8 Å². The first kappa shape index (κ1) is 12.7. The van der Waals surface area contributed by atoms with Crippen LogP contribution in [-0.2, 0) is 9.53 Å². The lowest BCUT2D eigenvalue weighted by Gasteiger charge is -2.20. The minimum Gasteiger partial charge on any atom is -0.468 e. The summed E-state index contributed by atoms with van der Waals surface area (Å²) >= 11 is 0. The molecule has 18 heavy (non-hydrogen) atoms. The molecule has 0 radical (unpaired) electrons. The maximum Gasteiger partial charge on any atom is 0.325 e. The van der Waals surface area contributed by atoms with Crippen LogP contribution in [0.25, 0.3) is 0 Å². The second kappa shape index (κ2) is 5.25. The Bertz CT molecular complexity index is 449. The molecule has 1 amide bonds. The Kier molecular flexibility index (Phi) is 3.69. The second-order valence-electron chi connectivity index (χ2n) is 4.43. The third-order valence-electron chi connectivity index (χ3n) is 3.15. The molecule has 2 rings (SSSR count). The number of carbonyl (C=O) groups is 2. The molecule has 1 aliphatic carbocycles. The van der Waals surface area contributed by atoms with Crippen LogP contribution in [0.1, 0.15) is 36.3 Å². The second-order valence-corrected chi connectivity index (χ2v) is 4.43. The molecular weight excluding hydrogens is 232 g/mol. The summed E-state index contributed by atoms with van der Waals surface area (Å²) in [6, 6.07) is 4.13. The van der Waals surface area contributed by atoms with Crippen molar-refractivity contribution >= 4 is 11.9 Å². The van der Waals surface area contributed by atoms with Gasteiger partial charge in [-0.3, -0.25) is 9.59 Å². The van der Waals surface area contributed by atoms with Crippen molar-refractivity contribution < 1.29 is 14.3 Å². The molecule has 0 aromatic carbocycles. The third-order valence-corrected chi connectivity index (χ3v) is 3.15. The average Bonchev–Trinajstić information content (AvgIpc) is 3.12. The van der Waals surface area contributed by atoms with Crippen LogP contribution in [0.5, 0.6) is 0 Å². The van der Waals surface area contributed by atoms with Crippen LogP contribution < -0.4 is 0 Å². The molecule has 1 fully saturated rings. The Morgan fingerprint density at radius 1 is 1.50 bits per heavy atom. The molecule has 0 N–H and O–H groups in total. The maximum absolute atomic E-state index is 12.3. The van der Waals surface area contributed by atoms with E-state index in [1.165, 1.54) is 12.0 Å². The molecule has 1 aromatic heterocycles. The largest absolute Gasteiger partial charge is 0.468 e. The molecule has 5 heteroatoms. The summed E-state index contributed by atoms with van der Waals surface area (Å²) in [5.41, 5.74) is 0.656. The first-order chi connectivity index (χ1) is 8.67. The van der Waals surface area contributed by atoms with Crippen molar-refractivity contribution in [2.75, 3.05) is 20.2 Å². The number of esters is 1. The van der Waals surface area contributed by atoms with Crippen LogP contribution in [-0.4, -0.2) is 41.5 Å². The van der Waals surface area contributed by atoms with E-state index in [4.69, 9.17) is 0 Å². The number of likely N-dealkylation sites (N-methyl/N-ethyl adjacent to an activating group) is 1. The molecule has 0 atom stereocenters. The molecule has 1 saturated carbocycles. The van der Waals surface area contributed by atoms with E-state index in [0.717, 1.165) is 12.8 Å². The smallest absolute Gasteiger partial charge is 0.325 e. The summed E-state index contributed by atoms with van der Waals surface area (Å²) in [6.07, 6.45) is 4.17. The van der Waals surface area contributed by atoms with Crippen LogP contribution in [0, 0.1) is 0 Å². The summed E-state index contributed by atoms with van der Waals surface area (Å²) in [5.74, 6) is -0.505. The van der Waals surface area contributed by atoms with Gasteiger partial charge in [0.05, 0.1) is 7.11 Å².